The quantitative estimate of drug-likeness (QED) is 0.776. The van der Waals surface area contributed by atoms with Gasteiger partial charge in [-0.2, -0.15) is 0 Å². The van der Waals surface area contributed by atoms with Crippen LogP contribution in [0.25, 0.3) is 22.0 Å². The minimum absolute atomic E-state index is 0.180. The summed E-state index contributed by atoms with van der Waals surface area (Å²) >= 11 is 0. The molecule has 0 unspecified atom stereocenters. The second-order valence-corrected chi connectivity index (χ2v) is 6.58. The Bertz CT molecular complexity index is 956. The number of hydrogen-bond donors (Lipinski definition) is 1. The number of benzene rings is 1. The molecule has 26 heavy (non-hydrogen) atoms. The van der Waals surface area contributed by atoms with Gasteiger partial charge >= 0.3 is 0 Å². The lowest BCUT2D eigenvalue weighted by Gasteiger charge is -2.14. The molecule has 0 bridgehead atoms. The Morgan fingerprint density at radius 1 is 1.35 bits per heavy atom. The molecule has 1 atom stereocenters. The Balaban J connectivity index is 1.51. The zero-order chi connectivity index (χ0) is 18.1. The summed E-state index contributed by atoms with van der Waals surface area (Å²) in [7, 11) is 1.82. The molecule has 1 aliphatic heterocycles. The Hall–Kier alpha value is -2.87. The van der Waals surface area contributed by atoms with Crippen LogP contribution in [0.3, 0.4) is 0 Å². The molecule has 4 rings (SSSR count). The van der Waals surface area contributed by atoms with Crippen LogP contribution in [0.1, 0.15) is 6.42 Å². The highest BCUT2D eigenvalue weighted by Gasteiger charge is 2.23. The number of alkyl halides is 1. The number of nitrogens with one attached hydrogen (secondary N) is 1. The highest BCUT2D eigenvalue weighted by molar-refractivity contribution is 5.94. The molecular weight excluding hydrogens is 335 g/mol. The number of fused-ring (bicyclic) bond motifs is 1. The summed E-state index contributed by atoms with van der Waals surface area (Å²) in [6, 6.07) is 7.75. The maximum Gasteiger partial charge on any atom is 0.239 e. The van der Waals surface area contributed by atoms with Crippen LogP contribution in [-0.2, 0) is 11.8 Å². The molecule has 1 aliphatic rings. The van der Waals surface area contributed by atoms with Gasteiger partial charge in [0.25, 0.3) is 0 Å². The van der Waals surface area contributed by atoms with Crippen LogP contribution in [0.5, 0.6) is 0 Å². The number of halogens is 1. The molecular formula is C18H19FN6O. The van der Waals surface area contributed by atoms with Crippen LogP contribution in [-0.4, -0.2) is 56.6 Å². The lowest BCUT2D eigenvalue weighted by Crippen LogP contribution is -2.32. The minimum Gasteiger partial charge on any atom is -0.310 e. The van der Waals surface area contributed by atoms with Crippen LogP contribution < -0.4 is 5.32 Å². The average molecular weight is 354 g/mol. The number of carbonyl (C=O) groups is 1. The highest BCUT2D eigenvalue weighted by Crippen LogP contribution is 2.24. The molecule has 2 aromatic heterocycles. The lowest BCUT2D eigenvalue weighted by atomic mass is 10.1. The van der Waals surface area contributed by atoms with Crippen molar-refractivity contribution in [2.24, 2.45) is 7.05 Å². The summed E-state index contributed by atoms with van der Waals surface area (Å²) < 4.78 is 14.9. The van der Waals surface area contributed by atoms with Crippen LogP contribution >= 0.6 is 0 Å². The van der Waals surface area contributed by atoms with E-state index >= 15 is 0 Å². The summed E-state index contributed by atoms with van der Waals surface area (Å²) in [5.41, 5.74) is 1.73. The first-order valence-electron chi connectivity index (χ1n) is 8.49. The summed E-state index contributed by atoms with van der Waals surface area (Å²) in [6.07, 6.45) is 3.23. The number of carbonyl (C=O) groups excluding carboxylic acids is 1. The molecule has 134 valence electrons. The fraction of sp³-hybridized carbons (Fsp3) is 0.333. The second-order valence-electron chi connectivity index (χ2n) is 6.58. The van der Waals surface area contributed by atoms with Crippen LogP contribution in [0.15, 0.2) is 36.7 Å². The number of nitrogens with zero attached hydrogens (tertiary/aromatic N) is 5. The monoisotopic (exact) mass is 354 g/mol. The second kappa shape index (κ2) is 6.80. The van der Waals surface area contributed by atoms with E-state index < -0.39 is 6.17 Å². The number of rotatable bonds is 4. The van der Waals surface area contributed by atoms with E-state index in [0.717, 1.165) is 22.0 Å². The summed E-state index contributed by atoms with van der Waals surface area (Å²) in [4.78, 5) is 18.3. The van der Waals surface area contributed by atoms with E-state index in [-0.39, 0.29) is 12.5 Å². The number of amides is 1. The van der Waals surface area contributed by atoms with Gasteiger partial charge in [0.2, 0.25) is 5.91 Å². The fourth-order valence-corrected chi connectivity index (χ4v) is 3.16. The van der Waals surface area contributed by atoms with E-state index in [0.29, 0.717) is 25.3 Å². The molecule has 0 spiro atoms. The molecule has 0 radical (unpaired) electrons. The van der Waals surface area contributed by atoms with Crippen molar-refractivity contribution in [3.8, 4) is 11.3 Å². The SMILES string of the molecule is Cn1cc(-c2ccc3cnc(NC(=O)CN4CC[C@@H](F)C4)cc3c2)nn1. The number of likely N-dealkylation sites (tertiary alicyclic amines) is 1. The summed E-state index contributed by atoms with van der Waals surface area (Å²) in [6.45, 7) is 1.11. The number of hydrogen-bond acceptors (Lipinski definition) is 5. The third-order valence-corrected chi connectivity index (χ3v) is 4.47. The van der Waals surface area contributed by atoms with Crippen molar-refractivity contribution < 1.29 is 9.18 Å². The van der Waals surface area contributed by atoms with Gasteiger partial charge in [0.15, 0.2) is 0 Å². The van der Waals surface area contributed by atoms with Gasteiger partial charge in [-0.1, -0.05) is 17.3 Å². The van der Waals surface area contributed by atoms with E-state index in [1.165, 1.54) is 0 Å². The minimum atomic E-state index is -0.832. The number of anilines is 1. The van der Waals surface area contributed by atoms with Gasteiger partial charge < -0.3 is 5.32 Å². The van der Waals surface area contributed by atoms with Crippen LogP contribution in [0.4, 0.5) is 10.2 Å². The number of aromatic nitrogens is 4. The van der Waals surface area contributed by atoms with Gasteiger partial charge in [0.1, 0.15) is 17.7 Å². The van der Waals surface area contributed by atoms with Crippen LogP contribution in [0.2, 0.25) is 0 Å². The normalized spacial score (nSPS) is 17.7. The fourth-order valence-electron chi connectivity index (χ4n) is 3.16. The van der Waals surface area contributed by atoms with Crippen molar-refractivity contribution in [3.63, 3.8) is 0 Å². The van der Waals surface area contributed by atoms with E-state index in [4.69, 9.17) is 0 Å². The van der Waals surface area contributed by atoms with Gasteiger partial charge in [0, 0.05) is 37.3 Å². The molecule has 3 heterocycles. The third kappa shape index (κ3) is 3.55. The van der Waals surface area contributed by atoms with E-state index in [1.807, 2.05) is 42.4 Å². The van der Waals surface area contributed by atoms with Crippen molar-refractivity contribution >= 4 is 22.5 Å². The molecule has 1 amide bonds. The van der Waals surface area contributed by atoms with Crippen molar-refractivity contribution in [1.29, 1.82) is 0 Å². The summed E-state index contributed by atoms with van der Waals surface area (Å²) in [5.74, 6) is 0.297. The first-order valence-corrected chi connectivity index (χ1v) is 8.49. The average Bonchev–Trinajstić information content (AvgIpc) is 3.22. The first kappa shape index (κ1) is 16.6. The van der Waals surface area contributed by atoms with Gasteiger partial charge in [-0.25, -0.2) is 9.37 Å². The van der Waals surface area contributed by atoms with Gasteiger partial charge in [-0.3, -0.25) is 14.4 Å². The Morgan fingerprint density at radius 2 is 2.23 bits per heavy atom. The highest BCUT2D eigenvalue weighted by atomic mass is 19.1. The molecule has 1 N–H and O–H groups in total. The largest absolute Gasteiger partial charge is 0.310 e. The van der Waals surface area contributed by atoms with Crippen molar-refractivity contribution in [1.82, 2.24) is 24.9 Å². The molecule has 8 heteroatoms. The van der Waals surface area contributed by atoms with Crippen molar-refractivity contribution in [2.45, 2.75) is 12.6 Å². The predicted octanol–water partition coefficient (Wildman–Crippen LogP) is 2.01. The van der Waals surface area contributed by atoms with Gasteiger partial charge in [0.05, 0.1) is 12.7 Å². The standard InChI is InChI=1S/C18H19FN6O/c1-24-10-16(22-23-24)12-2-3-13-8-20-17(7-14(13)6-12)21-18(26)11-25-5-4-15(19)9-25/h2-3,6-8,10,15H,4-5,9,11H2,1H3,(H,20,21,26)/t15-/m1/s1. The molecule has 1 aromatic carbocycles. The number of aryl methyl sites for hydroxylation is 1. The molecule has 7 nitrogen and oxygen atoms in total. The number of pyridine rings is 1. The maximum absolute atomic E-state index is 13.2. The van der Waals surface area contributed by atoms with E-state index in [9.17, 15) is 9.18 Å². The molecule has 3 aromatic rings. The first-order chi connectivity index (χ1) is 12.6. The smallest absolute Gasteiger partial charge is 0.239 e. The Labute approximate surface area is 149 Å². The molecule has 1 fully saturated rings. The molecule has 0 aliphatic carbocycles. The van der Waals surface area contributed by atoms with E-state index in [1.54, 1.807) is 10.9 Å². The van der Waals surface area contributed by atoms with Crippen LogP contribution in [0, 0.1) is 0 Å². The van der Waals surface area contributed by atoms with Crippen molar-refractivity contribution in [3.05, 3.63) is 36.7 Å². The topological polar surface area (TPSA) is 75.9 Å². The van der Waals surface area contributed by atoms with Gasteiger partial charge in [-0.15, -0.1) is 5.10 Å². The van der Waals surface area contributed by atoms with Gasteiger partial charge in [-0.05, 0) is 23.9 Å². The zero-order valence-corrected chi connectivity index (χ0v) is 14.4. The predicted molar refractivity (Wildman–Crippen MR) is 96.3 cm³/mol. The maximum atomic E-state index is 13.2. The third-order valence-electron chi connectivity index (χ3n) is 4.47. The Morgan fingerprint density at radius 3 is 2.96 bits per heavy atom. The lowest BCUT2D eigenvalue weighted by molar-refractivity contribution is -0.117. The molecule has 0 saturated carbocycles. The molecule has 1 saturated heterocycles. The van der Waals surface area contributed by atoms with E-state index in [2.05, 4.69) is 20.6 Å². The Kier molecular flexibility index (Phi) is 4.34. The van der Waals surface area contributed by atoms with Crippen molar-refractivity contribution in [2.75, 3.05) is 25.0 Å². The summed E-state index contributed by atoms with van der Waals surface area (Å²) in [5, 5.41) is 12.8. The zero-order valence-electron chi connectivity index (χ0n) is 14.4.